The maximum Gasteiger partial charge on any atom is 0.269 e. The highest BCUT2D eigenvalue weighted by molar-refractivity contribution is 9.10. The van der Waals surface area contributed by atoms with Crippen molar-refractivity contribution in [2.45, 2.75) is 19.6 Å². The minimum absolute atomic E-state index is 0.0609. The lowest BCUT2D eigenvalue weighted by Gasteiger charge is -2.26. The van der Waals surface area contributed by atoms with Crippen LogP contribution >= 0.6 is 15.9 Å². The first-order chi connectivity index (χ1) is 15.1. The van der Waals surface area contributed by atoms with Crippen LogP contribution in [0.1, 0.15) is 17.5 Å². The fourth-order valence-corrected chi connectivity index (χ4v) is 3.85. The van der Waals surface area contributed by atoms with Crippen molar-refractivity contribution in [1.29, 1.82) is 0 Å². The summed E-state index contributed by atoms with van der Waals surface area (Å²) in [5.41, 5.74) is 1.88. The Kier molecular flexibility index (Phi) is 9.08. The minimum atomic E-state index is -0.412. The van der Waals surface area contributed by atoms with Gasteiger partial charge in [-0.25, -0.2) is 0 Å². The highest BCUT2D eigenvalue weighted by Crippen LogP contribution is 2.36. The molecule has 0 amide bonds. The third-order valence-electron chi connectivity index (χ3n) is 5.15. The molecule has 1 saturated heterocycles. The molecule has 1 aliphatic heterocycles. The van der Waals surface area contributed by atoms with E-state index in [4.69, 9.17) is 14.2 Å². The Balaban J connectivity index is 1.58. The van der Waals surface area contributed by atoms with E-state index in [1.165, 1.54) is 12.1 Å². The topological polar surface area (TPSA) is 86.1 Å². The molecule has 0 radical (unpaired) electrons. The molecule has 2 aromatic rings. The molecule has 0 aliphatic carbocycles. The summed E-state index contributed by atoms with van der Waals surface area (Å²) in [5.74, 6) is 1.31. The lowest BCUT2D eigenvalue weighted by Crippen LogP contribution is -2.37. The SMILES string of the molecule is COc1ccc(Br)c(CNCCCN2CCOCC2)c1OCc1ccc([N+](=O)[O-])cc1. The number of benzene rings is 2. The predicted octanol–water partition coefficient (Wildman–Crippen LogP) is 3.76. The zero-order chi connectivity index (χ0) is 22.1. The predicted molar refractivity (Wildman–Crippen MR) is 122 cm³/mol. The average Bonchev–Trinajstić information content (AvgIpc) is 2.79. The number of nitro benzene ring substituents is 1. The standard InChI is InChI=1S/C22H28BrN3O5/c1-29-21-8-7-20(23)19(15-24-9-2-10-25-11-13-30-14-12-25)22(21)31-16-17-3-5-18(6-4-17)26(27)28/h3-8,24H,2,9-16H2,1H3. The Hall–Kier alpha value is -2.20. The van der Waals surface area contributed by atoms with Crippen LogP contribution in [0.25, 0.3) is 0 Å². The van der Waals surface area contributed by atoms with Crippen LogP contribution in [-0.4, -0.2) is 56.3 Å². The van der Waals surface area contributed by atoms with Crippen LogP contribution in [0.3, 0.4) is 0 Å². The molecule has 0 bridgehead atoms. The number of ether oxygens (including phenoxy) is 3. The molecule has 1 heterocycles. The van der Waals surface area contributed by atoms with Crippen molar-refractivity contribution in [3.63, 3.8) is 0 Å². The van der Waals surface area contributed by atoms with Crippen molar-refractivity contribution in [3.8, 4) is 11.5 Å². The summed E-state index contributed by atoms with van der Waals surface area (Å²) in [4.78, 5) is 12.8. The van der Waals surface area contributed by atoms with Crippen LogP contribution in [0.2, 0.25) is 0 Å². The summed E-state index contributed by atoms with van der Waals surface area (Å²) < 4.78 is 17.9. The van der Waals surface area contributed by atoms with E-state index >= 15 is 0 Å². The highest BCUT2D eigenvalue weighted by Gasteiger charge is 2.15. The molecule has 0 saturated carbocycles. The van der Waals surface area contributed by atoms with Gasteiger partial charge in [0, 0.05) is 41.8 Å². The van der Waals surface area contributed by atoms with Crippen LogP contribution in [-0.2, 0) is 17.9 Å². The Labute approximate surface area is 190 Å². The van der Waals surface area contributed by atoms with Gasteiger partial charge in [-0.3, -0.25) is 15.0 Å². The molecule has 3 rings (SSSR count). The molecule has 0 spiro atoms. The summed E-state index contributed by atoms with van der Waals surface area (Å²) >= 11 is 3.62. The summed E-state index contributed by atoms with van der Waals surface area (Å²) in [5, 5.41) is 14.3. The number of hydrogen-bond acceptors (Lipinski definition) is 7. The number of morpholine rings is 1. The Morgan fingerprint density at radius 2 is 1.94 bits per heavy atom. The number of non-ortho nitro benzene ring substituents is 1. The normalized spacial score (nSPS) is 14.4. The van der Waals surface area contributed by atoms with Gasteiger partial charge in [0.05, 0.1) is 25.2 Å². The molecule has 0 atom stereocenters. The van der Waals surface area contributed by atoms with Gasteiger partial charge >= 0.3 is 0 Å². The summed E-state index contributed by atoms with van der Waals surface area (Å²) in [6.45, 7) is 6.51. The van der Waals surface area contributed by atoms with E-state index in [9.17, 15) is 10.1 Å². The number of hydrogen-bond donors (Lipinski definition) is 1. The van der Waals surface area contributed by atoms with Crippen molar-refractivity contribution >= 4 is 21.6 Å². The molecular formula is C22H28BrN3O5. The molecule has 0 aromatic heterocycles. The van der Waals surface area contributed by atoms with Crippen molar-refractivity contribution in [3.05, 3.63) is 62.1 Å². The second-order valence-electron chi connectivity index (χ2n) is 7.25. The molecule has 1 fully saturated rings. The zero-order valence-corrected chi connectivity index (χ0v) is 19.2. The molecule has 168 valence electrons. The van der Waals surface area contributed by atoms with E-state index in [-0.39, 0.29) is 12.3 Å². The van der Waals surface area contributed by atoms with E-state index < -0.39 is 4.92 Å². The van der Waals surface area contributed by atoms with E-state index in [0.717, 1.165) is 61.4 Å². The van der Waals surface area contributed by atoms with Crippen LogP contribution < -0.4 is 14.8 Å². The number of halogens is 1. The van der Waals surface area contributed by atoms with Crippen molar-refractivity contribution in [2.75, 3.05) is 46.5 Å². The van der Waals surface area contributed by atoms with Gasteiger partial charge in [0.2, 0.25) is 0 Å². The van der Waals surface area contributed by atoms with E-state index in [1.54, 1.807) is 19.2 Å². The van der Waals surface area contributed by atoms with Crippen LogP contribution in [0.5, 0.6) is 11.5 Å². The van der Waals surface area contributed by atoms with Crippen molar-refractivity contribution < 1.29 is 19.1 Å². The first kappa shape index (κ1) is 23.5. The Morgan fingerprint density at radius 3 is 2.61 bits per heavy atom. The van der Waals surface area contributed by atoms with Crippen LogP contribution in [0, 0.1) is 10.1 Å². The van der Waals surface area contributed by atoms with Gasteiger partial charge in [-0.05, 0) is 49.3 Å². The molecule has 1 N–H and O–H groups in total. The largest absolute Gasteiger partial charge is 0.493 e. The van der Waals surface area contributed by atoms with Crippen LogP contribution in [0.4, 0.5) is 5.69 Å². The third kappa shape index (κ3) is 6.90. The fourth-order valence-electron chi connectivity index (χ4n) is 3.40. The van der Waals surface area contributed by atoms with Gasteiger partial charge < -0.3 is 19.5 Å². The highest BCUT2D eigenvalue weighted by atomic mass is 79.9. The lowest BCUT2D eigenvalue weighted by atomic mass is 10.1. The smallest absolute Gasteiger partial charge is 0.269 e. The number of nitrogens with zero attached hydrogens (tertiary/aromatic N) is 2. The summed E-state index contributed by atoms with van der Waals surface area (Å²) in [6.07, 6.45) is 1.06. The maximum atomic E-state index is 10.8. The molecule has 9 heteroatoms. The Bertz CT molecular complexity index is 857. The number of methoxy groups -OCH3 is 1. The average molecular weight is 494 g/mol. The number of nitro groups is 1. The van der Waals surface area contributed by atoms with Crippen molar-refractivity contribution in [1.82, 2.24) is 10.2 Å². The van der Waals surface area contributed by atoms with Gasteiger partial charge in [0.25, 0.3) is 5.69 Å². The minimum Gasteiger partial charge on any atom is -0.493 e. The van der Waals surface area contributed by atoms with Gasteiger partial charge in [-0.2, -0.15) is 0 Å². The second kappa shape index (κ2) is 12.0. The Morgan fingerprint density at radius 1 is 1.19 bits per heavy atom. The first-order valence-electron chi connectivity index (χ1n) is 10.3. The lowest BCUT2D eigenvalue weighted by molar-refractivity contribution is -0.384. The molecule has 2 aromatic carbocycles. The zero-order valence-electron chi connectivity index (χ0n) is 17.6. The van der Waals surface area contributed by atoms with Gasteiger partial charge in [-0.15, -0.1) is 0 Å². The molecular weight excluding hydrogens is 466 g/mol. The molecule has 8 nitrogen and oxygen atoms in total. The number of nitrogens with one attached hydrogen (secondary N) is 1. The second-order valence-corrected chi connectivity index (χ2v) is 8.11. The van der Waals surface area contributed by atoms with Gasteiger partial charge in [-0.1, -0.05) is 15.9 Å². The van der Waals surface area contributed by atoms with E-state index in [0.29, 0.717) is 18.0 Å². The quantitative estimate of drug-likeness (QED) is 0.289. The molecule has 1 aliphatic rings. The number of rotatable bonds is 11. The summed E-state index contributed by atoms with van der Waals surface area (Å²) in [6, 6.07) is 10.2. The maximum absolute atomic E-state index is 10.8. The van der Waals surface area contributed by atoms with Crippen LogP contribution in [0.15, 0.2) is 40.9 Å². The van der Waals surface area contributed by atoms with E-state index in [2.05, 4.69) is 26.1 Å². The first-order valence-corrected chi connectivity index (χ1v) is 11.1. The van der Waals surface area contributed by atoms with Gasteiger partial charge in [0.15, 0.2) is 11.5 Å². The summed E-state index contributed by atoms with van der Waals surface area (Å²) in [7, 11) is 1.61. The fraction of sp³-hybridized carbons (Fsp3) is 0.455. The molecule has 0 unspecified atom stereocenters. The third-order valence-corrected chi connectivity index (χ3v) is 5.89. The van der Waals surface area contributed by atoms with Gasteiger partial charge in [0.1, 0.15) is 6.61 Å². The van der Waals surface area contributed by atoms with Crippen molar-refractivity contribution in [2.24, 2.45) is 0 Å². The monoisotopic (exact) mass is 493 g/mol. The van der Waals surface area contributed by atoms with E-state index in [1.807, 2.05) is 12.1 Å². The molecule has 31 heavy (non-hydrogen) atoms.